The van der Waals surface area contributed by atoms with E-state index in [2.05, 4.69) is 5.32 Å². The molecule has 0 saturated heterocycles. The first-order valence-corrected chi connectivity index (χ1v) is 9.74. The number of anilines is 2. The quantitative estimate of drug-likeness (QED) is 0.770. The van der Waals surface area contributed by atoms with Gasteiger partial charge in [0.15, 0.2) is 0 Å². The van der Waals surface area contributed by atoms with Gasteiger partial charge in [0.25, 0.3) is 10.0 Å². The third kappa shape index (κ3) is 2.45. The van der Waals surface area contributed by atoms with E-state index in [0.29, 0.717) is 16.8 Å². The van der Waals surface area contributed by atoms with Gasteiger partial charge in [-0.2, -0.15) is 0 Å². The van der Waals surface area contributed by atoms with Crippen LogP contribution >= 0.6 is 0 Å². The Hall–Kier alpha value is -2.86. The molecule has 0 spiro atoms. The van der Waals surface area contributed by atoms with Gasteiger partial charge in [-0.3, -0.25) is 9.10 Å². The first-order chi connectivity index (χ1) is 12.4. The summed E-state index contributed by atoms with van der Waals surface area (Å²) in [4.78, 5) is 12.8. The van der Waals surface area contributed by atoms with E-state index in [0.717, 1.165) is 16.5 Å². The summed E-state index contributed by atoms with van der Waals surface area (Å²) < 4.78 is 27.0. The third-order valence-corrected chi connectivity index (χ3v) is 6.65. The fourth-order valence-electron chi connectivity index (χ4n) is 3.34. The Kier molecular flexibility index (Phi) is 3.73. The molecule has 0 atom stereocenters. The number of hydrogen-bond acceptors (Lipinski definition) is 3. The van der Waals surface area contributed by atoms with Crippen molar-refractivity contribution in [1.82, 2.24) is 0 Å². The lowest BCUT2D eigenvalue weighted by Crippen LogP contribution is -2.35. The minimum atomic E-state index is -3.73. The van der Waals surface area contributed by atoms with E-state index in [9.17, 15) is 13.2 Å². The normalized spacial score (nSPS) is 14.6. The number of rotatable bonds is 3. The molecular weight excluding hydrogens is 348 g/mol. The molecule has 1 amide bonds. The fourth-order valence-corrected chi connectivity index (χ4v) is 5.00. The van der Waals surface area contributed by atoms with Gasteiger partial charge in [-0.05, 0) is 48.6 Å². The summed E-state index contributed by atoms with van der Waals surface area (Å²) >= 11 is 0. The van der Waals surface area contributed by atoms with E-state index in [1.54, 1.807) is 24.3 Å². The molecule has 5 nitrogen and oxygen atoms in total. The third-order valence-electron chi connectivity index (χ3n) is 4.85. The summed E-state index contributed by atoms with van der Waals surface area (Å²) in [7, 11) is -3.73. The smallest absolute Gasteiger partial charge is 0.265 e. The largest absolute Gasteiger partial charge is 0.324 e. The molecule has 1 heterocycles. The molecule has 0 fully saturated rings. The van der Waals surface area contributed by atoms with Gasteiger partial charge >= 0.3 is 0 Å². The van der Waals surface area contributed by atoms with E-state index in [-0.39, 0.29) is 17.3 Å². The summed E-state index contributed by atoms with van der Waals surface area (Å²) in [5.74, 6) is -0.368. The van der Waals surface area contributed by atoms with Crippen LogP contribution in [0.5, 0.6) is 0 Å². The van der Waals surface area contributed by atoms with Crippen molar-refractivity contribution in [3.63, 3.8) is 0 Å². The highest BCUT2D eigenvalue weighted by atomic mass is 32.2. The summed E-state index contributed by atoms with van der Waals surface area (Å²) in [5, 5.41) is 4.35. The molecule has 1 aliphatic rings. The number of sulfonamides is 1. The van der Waals surface area contributed by atoms with Gasteiger partial charge in [-0.1, -0.05) is 36.4 Å². The van der Waals surface area contributed by atoms with Crippen LogP contribution in [0, 0.1) is 13.8 Å². The van der Waals surface area contributed by atoms with Crippen molar-refractivity contribution in [2.45, 2.75) is 18.7 Å². The number of benzene rings is 3. The molecule has 26 heavy (non-hydrogen) atoms. The Balaban J connectivity index is 1.68. The van der Waals surface area contributed by atoms with Gasteiger partial charge in [0.05, 0.1) is 10.6 Å². The van der Waals surface area contributed by atoms with Crippen LogP contribution in [0.3, 0.4) is 0 Å². The number of carbonyl (C=O) groups excluding carboxylic acids is 1. The van der Waals surface area contributed by atoms with Crippen molar-refractivity contribution in [2.24, 2.45) is 0 Å². The molecule has 0 bridgehead atoms. The maximum absolute atomic E-state index is 12.9. The first kappa shape index (κ1) is 16.6. The minimum Gasteiger partial charge on any atom is -0.324 e. The van der Waals surface area contributed by atoms with Gasteiger partial charge in [0, 0.05) is 11.1 Å². The van der Waals surface area contributed by atoms with Gasteiger partial charge in [-0.25, -0.2) is 8.42 Å². The molecular formula is C20H18N2O3S. The molecule has 0 aliphatic carbocycles. The average molecular weight is 366 g/mol. The second kappa shape index (κ2) is 5.85. The van der Waals surface area contributed by atoms with Crippen molar-refractivity contribution >= 4 is 38.1 Å². The molecule has 6 heteroatoms. The van der Waals surface area contributed by atoms with E-state index in [1.165, 1.54) is 4.31 Å². The van der Waals surface area contributed by atoms with Crippen LogP contribution in [0.15, 0.2) is 59.5 Å². The zero-order chi connectivity index (χ0) is 18.5. The second-order valence-corrected chi connectivity index (χ2v) is 8.27. The molecule has 4 rings (SSSR count). The lowest BCUT2D eigenvalue weighted by Gasteiger charge is -2.19. The molecule has 3 aromatic carbocycles. The van der Waals surface area contributed by atoms with Crippen molar-refractivity contribution in [1.29, 1.82) is 0 Å². The second-order valence-electron chi connectivity index (χ2n) is 6.44. The van der Waals surface area contributed by atoms with E-state index < -0.39 is 10.0 Å². The predicted octanol–water partition coefficient (Wildman–Crippen LogP) is 3.60. The van der Waals surface area contributed by atoms with Crippen LogP contribution in [0.4, 0.5) is 11.4 Å². The fraction of sp³-hybridized carbons (Fsp3) is 0.150. The highest BCUT2D eigenvalue weighted by molar-refractivity contribution is 7.93. The van der Waals surface area contributed by atoms with E-state index in [1.807, 2.05) is 44.2 Å². The maximum Gasteiger partial charge on any atom is 0.265 e. The molecule has 0 aromatic heterocycles. The van der Waals surface area contributed by atoms with Gasteiger partial charge in [-0.15, -0.1) is 0 Å². The summed E-state index contributed by atoms with van der Waals surface area (Å²) in [6.07, 6.45) is 0. The summed E-state index contributed by atoms with van der Waals surface area (Å²) in [5.41, 5.74) is 3.28. The lowest BCUT2D eigenvalue weighted by molar-refractivity contribution is -0.114. The van der Waals surface area contributed by atoms with Crippen molar-refractivity contribution in [2.75, 3.05) is 16.2 Å². The van der Waals surface area contributed by atoms with Crippen molar-refractivity contribution in [3.8, 4) is 0 Å². The van der Waals surface area contributed by atoms with E-state index >= 15 is 0 Å². The number of hydrogen-bond donors (Lipinski definition) is 1. The van der Waals surface area contributed by atoms with Crippen LogP contribution in [0.25, 0.3) is 10.8 Å². The summed E-state index contributed by atoms with van der Waals surface area (Å²) in [6, 6.07) is 16.2. The molecule has 1 N–H and O–H groups in total. The molecule has 0 saturated carbocycles. The molecule has 3 aromatic rings. The van der Waals surface area contributed by atoms with Gasteiger partial charge in [0.2, 0.25) is 5.91 Å². The zero-order valence-corrected chi connectivity index (χ0v) is 15.3. The highest BCUT2D eigenvalue weighted by Crippen LogP contribution is 2.41. The average Bonchev–Trinajstić information content (AvgIpc) is 2.83. The number of carbonyl (C=O) groups is 1. The van der Waals surface area contributed by atoms with Gasteiger partial charge in [0.1, 0.15) is 6.54 Å². The summed E-state index contributed by atoms with van der Waals surface area (Å²) in [6.45, 7) is 3.63. The number of aryl methyl sites for hydroxylation is 1. The van der Waals surface area contributed by atoms with E-state index in [4.69, 9.17) is 0 Å². The van der Waals surface area contributed by atoms with Crippen LogP contribution < -0.4 is 9.62 Å². The van der Waals surface area contributed by atoms with Crippen molar-refractivity contribution in [3.05, 3.63) is 65.7 Å². The van der Waals surface area contributed by atoms with Crippen molar-refractivity contribution < 1.29 is 13.2 Å². The maximum atomic E-state index is 12.9. The van der Waals surface area contributed by atoms with Gasteiger partial charge < -0.3 is 5.32 Å². The predicted molar refractivity (Wildman–Crippen MR) is 103 cm³/mol. The number of nitrogens with one attached hydrogen (secondary N) is 1. The first-order valence-electron chi connectivity index (χ1n) is 8.30. The van der Waals surface area contributed by atoms with Crippen LogP contribution in [-0.4, -0.2) is 20.9 Å². The number of nitrogens with zero attached hydrogens (tertiary/aromatic N) is 1. The molecule has 0 unspecified atom stereocenters. The Bertz CT molecular complexity index is 1150. The molecule has 1 aliphatic heterocycles. The van der Waals surface area contributed by atoms with Crippen LogP contribution in [0.2, 0.25) is 0 Å². The Morgan fingerprint density at radius 3 is 2.46 bits per heavy atom. The Morgan fingerprint density at radius 1 is 1.00 bits per heavy atom. The highest BCUT2D eigenvalue weighted by Gasteiger charge is 2.36. The minimum absolute atomic E-state index is 0.255. The standard InChI is InChI=1S/C20H18N2O3S/c1-13-6-3-9-16(14(13)2)21-19(23)12-22-17-10-4-7-15-8-5-11-18(20(15)17)26(22,24)25/h3-11H,12H2,1-2H3,(H,21,23). The lowest BCUT2D eigenvalue weighted by atomic mass is 10.1. The number of amides is 1. The Labute approximate surface area is 152 Å². The Morgan fingerprint density at radius 2 is 1.69 bits per heavy atom. The SMILES string of the molecule is Cc1cccc(NC(=O)CN2c3cccc4cccc(c34)S2(=O)=O)c1C. The monoisotopic (exact) mass is 366 g/mol. The van der Waals surface area contributed by atoms with Crippen LogP contribution in [0.1, 0.15) is 11.1 Å². The zero-order valence-electron chi connectivity index (χ0n) is 14.5. The molecule has 0 radical (unpaired) electrons. The van der Waals surface area contributed by atoms with Crippen LogP contribution in [-0.2, 0) is 14.8 Å². The topological polar surface area (TPSA) is 66.5 Å². The molecule has 132 valence electrons.